The van der Waals surface area contributed by atoms with Gasteiger partial charge in [0.2, 0.25) is 0 Å². The summed E-state index contributed by atoms with van der Waals surface area (Å²) in [7, 11) is 0. The third kappa shape index (κ3) is 3.55. The van der Waals surface area contributed by atoms with Gasteiger partial charge in [0.05, 0.1) is 0 Å². The van der Waals surface area contributed by atoms with Crippen LogP contribution in [0.4, 0.5) is 0 Å². The molecule has 0 aliphatic rings. The fraction of sp³-hybridized carbons (Fsp3) is 1.00. The summed E-state index contributed by atoms with van der Waals surface area (Å²) in [6, 6.07) is -0.820. The van der Waals surface area contributed by atoms with Crippen LogP contribution in [0.2, 0.25) is 0 Å². The summed E-state index contributed by atoms with van der Waals surface area (Å²) in [6.45, 7) is 3.93. The maximum absolute atomic E-state index is 10.3. The van der Waals surface area contributed by atoms with E-state index in [9.17, 15) is 9.81 Å². The van der Waals surface area contributed by atoms with Gasteiger partial charge in [-0.3, -0.25) is 0 Å². The van der Waals surface area contributed by atoms with E-state index in [1.54, 1.807) is 0 Å². The smallest absolute Gasteiger partial charge is 0.118 e. The molecule has 0 aromatic heterocycles. The number of hydrogen-bond acceptors (Lipinski definition) is 4. The van der Waals surface area contributed by atoms with E-state index < -0.39 is 12.1 Å². The first-order chi connectivity index (χ1) is 5.79. The van der Waals surface area contributed by atoms with Gasteiger partial charge in [-0.1, -0.05) is 37.0 Å². The van der Waals surface area contributed by atoms with Gasteiger partial charge >= 0.3 is 0 Å². The van der Waals surface area contributed by atoms with Crippen LogP contribution in [0.3, 0.4) is 0 Å². The molecule has 4 nitrogen and oxygen atoms in total. The molecular formula is C8H16N2O2. The van der Waals surface area contributed by atoms with E-state index in [4.69, 9.17) is 0 Å². The van der Waals surface area contributed by atoms with Gasteiger partial charge in [-0.25, -0.2) is 0 Å². The van der Waals surface area contributed by atoms with Crippen molar-refractivity contribution in [2.75, 3.05) is 0 Å². The van der Waals surface area contributed by atoms with Gasteiger partial charge in [0.1, 0.15) is 12.1 Å². The molecular weight excluding hydrogens is 156 g/mol. The fourth-order valence-electron chi connectivity index (χ4n) is 1.22. The maximum Gasteiger partial charge on any atom is 0.118 e. The van der Waals surface area contributed by atoms with Crippen LogP contribution in [0, 0.1) is 9.81 Å². The molecule has 0 aromatic rings. The average molecular weight is 172 g/mol. The lowest BCUT2D eigenvalue weighted by Crippen LogP contribution is -2.21. The molecule has 0 saturated heterocycles. The molecule has 70 valence electrons. The van der Waals surface area contributed by atoms with E-state index in [1.165, 1.54) is 0 Å². The number of nitrogens with zero attached hydrogens (tertiary/aromatic N) is 2. The van der Waals surface area contributed by atoms with E-state index in [0.717, 1.165) is 12.8 Å². The van der Waals surface area contributed by atoms with Crippen LogP contribution in [-0.2, 0) is 0 Å². The predicted octanol–water partition coefficient (Wildman–Crippen LogP) is 2.86. The van der Waals surface area contributed by atoms with Crippen molar-refractivity contribution in [3.05, 3.63) is 9.81 Å². The molecule has 0 radical (unpaired) electrons. The highest BCUT2D eigenvalue weighted by atomic mass is 16.3. The highest BCUT2D eigenvalue weighted by Crippen LogP contribution is 2.14. The van der Waals surface area contributed by atoms with Gasteiger partial charge in [0.15, 0.2) is 0 Å². The highest BCUT2D eigenvalue weighted by Gasteiger charge is 2.21. The first kappa shape index (κ1) is 11.2. The molecule has 12 heavy (non-hydrogen) atoms. The lowest BCUT2D eigenvalue weighted by molar-refractivity contribution is 0.461. The van der Waals surface area contributed by atoms with Crippen LogP contribution >= 0.6 is 0 Å². The first-order valence-electron chi connectivity index (χ1n) is 4.45. The quantitative estimate of drug-likeness (QED) is 0.554. The Hall–Kier alpha value is -0.800. The van der Waals surface area contributed by atoms with Gasteiger partial charge in [0, 0.05) is 0 Å². The van der Waals surface area contributed by atoms with Crippen LogP contribution < -0.4 is 0 Å². The van der Waals surface area contributed by atoms with E-state index >= 15 is 0 Å². The van der Waals surface area contributed by atoms with Crippen molar-refractivity contribution in [3.63, 3.8) is 0 Å². The summed E-state index contributed by atoms with van der Waals surface area (Å²) >= 11 is 0. The summed E-state index contributed by atoms with van der Waals surface area (Å²) in [5.74, 6) is 0. The molecule has 0 bridgehead atoms. The second-order valence-electron chi connectivity index (χ2n) is 2.92. The van der Waals surface area contributed by atoms with Gasteiger partial charge in [-0.2, -0.15) is 9.81 Å². The molecule has 2 unspecified atom stereocenters. The number of nitroso groups, excluding NO2 is 2. The Kier molecular flexibility index (Phi) is 6.42. The molecule has 0 amide bonds. The minimum Gasteiger partial charge on any atom is -0.150 e. The van der Waals surface area contributed by atoms with Crippen LogP contribution in [0.15, 0.2) is 10.4 Å². The van der Waals surface area contributed by atoms with Crippen LogP contribution in [0.5, 0.6) is 0 Å². The first-order valence-corrected chi connectivity index (χ1v) is 4.45. The zero-order valence-electron chi connectivity index (χ0n) is 7.69. The van der Waals surface area contributed by atoms with Gasteiger partial charge in [0.25, 0.3) is 0 Å². The number of rotatable bonds is 7. The van der Waals surface area contributed by atoms with Crippen molar-refractivity contribution >= 4 is 0 Å². The Labute approximate surface area is 72.7 Å². The summed E-state index contributed by atoms with van der Waals surface area (Å²) in [5.41, 5.74) is 0. The molecule has 2 atom stereocenters. The monoisotopic (exact) mass is 172 g/mol. The van der Waals surface area contributed by atoms with Crippen LogP contribution in [0.1, 0.15) is 39.5 Å². The van der Waals surface area contributed by atoms with Gasteiger partial charge < -0.3 is 0 Å². The average Bonchev–Trinajstić information content (AvgIpc) is 2.11. The van der Waals surface area contributed by atoms with Crippen molar-refractivity contribution in [1.82, 2.24) is 0 Å². The Morgan fingerprint density at radius 2 is 1.25 bits per heavy atom. The molecule has 0 aliphatic carbocycles. The summed E-state index contributed by atoms with van der Waals surface area (Å²) in [5, 5.41) is 5.85. The van der Waals surface area contributed by atoms with Crippen molar-refractivity contribution in [3.8, 4) is 0 Å². The normalized spacial score (nSPS) is 15.2. The Balaban J connectivity index is 4.01. The minimum atomic E-state index is -0.410. The van der Waals surface area contributed by atoms with E-state index in [-0.39, 0.29) is 0 Å². The second kappa shape index (κ2) is 6.88. The van der Waals surface area contributed by atoms with Crippen LogP contribution in [-0.4, -0.2) is 12.1 Å². The van der Waals surface area contributed by atoms with Crippen molar-refractivity contribution < 1.29 is 0 Å². The van der Waals surface area contributed by atoms with Crippen molar-refractivity contribution in [2.24, 2.45) is 10.4 Å². The predicted molar refractivity (Wildman–Crippen MR) is 49.0 cm³/mol. The standard InChI is InChI=1S/C8H16N2O2/c1-3-5-7(9-11)8(10-12)6-4-2/h7-8H,3-6H2,1-2H3. The van der Waals surface area contributed by atoms with E-state index in [2.05, 4.69) is 10.4 Å². The molecule has 0 aromatic carbocycles. The van der Waals surface area contributed by atoms with E-state index in [1.807, 2.05) is 13.8 Å². The van der Waals surface area contributed by atoms with Gasteiger partial charge in [-0.15, -0.1) is 0 Å². The second-order valence-corrected chi connectivity index (χ2v) is 2.92. The third-order valence-corrected chi connectivity index (χ3v) is 1.88. The van der Waals surface area contributed by atoms with Crippen LogP contribution in [0.25, 0.3) is 0 Å². The largest absolute Gasteiger partial charge is 0.150 e. The molecule has 0 N–H and O–H groups in total. The molecule has 0 spiro atoms. The molecule has 0 saturated carbocycles. The molecule has 0 heterocycles. The Morgan fingerprint density at radius 1 is 0.917 bits per heavy atom. The summed E-state index contributed by atoms with van der Waals surface area (Å²) in [4.78, 5) is 20.6. The molecule has 4 heteroatoms. The molecule has 0 aliphatic heterocycles. The van der Waals surface area contributed by atoms with Crippen molar-refractivity contribution in [1.29, 1.82) is 0 Å². The maximum atomic E-state index is 10.3. The Bertz CT molecular complexity index is 123. The lowest BCUT2D eigenvalue weighted by Gasteiger charge is -2.12. The summed E-state index contributed by atoms with van der Waals surface area (Å²) < 4.78 is 0. The SMILES string of the molecule is CCCC(N=O)C(CCC)N=O. The van der Waals surface area contributed by atoms with Gasteiger partial charge in [-0.05, 0) is 12.8 Å². The molecule has 0 rings (SSSR count). The lowest BCUT2D eigenvalue weighted by atomic mass is 10.0. The fourth-order valence-corrected chi connectivity index (χ4v) is 1.22. The summed E-state index contributed by atoms with van der Waals surface area (Å²) in [6.07, 6.45) is 3.07. The topological polar surface area (TPSA) is 58.9 Å². The highest BCUT2D eigenvalue weighted by molar-refractivity contribution is 4.80. The zero-order valence-corrected chi connectivity index (χ0v) is 7.69. The zero-order chi connectivity index (χ0) is 9.40. The minimum absolute atomic E-state index is 0.410. The molecule has 0 fully saturated rings. The number of hydrogen-bond donors (Lipinski definition) is 0. The van der Waals surface area contributed by atoms with Crippen molar-refractivity contribution in [2.45, 2.75) is 51.6 Å². The van der Waals surface area contributed by atoms with E-state index in [0.29, 0.717) is 12.8 Å². The Morgan fingerprint density at radius 3 is 1.42 bits per heavy atom. The third-order valence-electron chi connectivity index (χ3n) is 1.88.